The summed E-state index contributed by atoms with van der Waals surface area (Å²) in [5.41, 5.74) is 2.96. The molecule has 0 N–H and O–H groups in total. The maximum absolute atomic E-state index is 12.2. The van der Waals surface area contributed by atoms with Crippen LogP contribution in [0.2, 0.25) is 6.82 Å². The van der Waals surface area contributed by atoms with Gasteiger partial charge in [0.2, 0.25) is 0 Å². The highest BCUT2D eigenvalue weighted by molar-refractivity contribution is 6.67. The third kappa shape index (κ3) is 2.44. The first-order chi connectivity index (χ1) is 7.89. The Labute approximate surface area is 103 Å². The highest BCUT2D eigenvalue weighted by Gasteiger charge is 2.26. The number of fused-ring (bicyclic) bond motifs is 1. The molecule has 0 radical (unpaired) electrons. The van der Waals surface area contributed by atoms with E-state index in [1.54, 1.807) is 0 Å². The van der Waals surface area contributed by atoms with Crippen LogP contribution in [0, 0.1) is 5.41 Å². The molecule has 1 aliphatic rings. The van der Waals surface area contributed by atoms with Crippen molar-refractivity contribution in [1.29, 1.82) is 0 Å². The van der Waals surface area contributed by atoms with Crippen molar-refractivity contribution in [3.63, 3.8) is 0 Å². The zero-order valence-electron chi connectivity index (χ0n) is 11.0. The zero-order valence-corrected chi connectivity index (χ0v) is 11.0. The number of hydrogen-bond acceptors (Lipinski definition) is 2. The van der Waals surface area contributed by atoms with Gasteiger partial charge in [0.1, 0.15) is 0 Å². The Kier molecular flexibility index (Phi) is 3.13. The summed E-state index contributed by atoms with van der Waals surface area (Å²) in [6.45, 7) is 8.79. The molecule has 0 bridgehead atoms. The van der Waals surface area contributed by atoms with Gasteiger partial charge in [0.15, 0.2) is 5.78 Å². The van der Waals surface area contributed by atoms with Crippen molar-refractivity contribution in [2.24, 2.45) is 5.41 Å². The van der Waals surface area contributed by atoms with Crippen LogP contribution in [0.1, 0.15) is 36.7 Å². The normalized spacial score (nSPS) is 15.6. The molecule has 1 aromatic carbocycles. The van der Waals surface area contributed by atoms with Crippen molar-refractivity contribution in [2.75, 3.05) is 6.61 Å². The third-order valence-electron chi connectivity index (χ3n) is 3.27. The Bertz CT molecular complexity index is 446. The average molecular weight is 230 g/mol. The third-order valence-corrected chi connectivity index (χ3v) is 3.27. The molecular formula is C14H19BO2. The number of rotatable bonds is 1. The molecule has 0 atom stereocenters. The molecule has 0 unspecified atom stereocenters. The zero-order chi connectivity index (χ0) is 12.6. The second kappa shape index (κ2) is 4.30. The second-order valence-electron chi connectivity index (χ2n) is 5.76. The summed E-state index contributed by atoms with van der Waals surface area (Å²) in [6, 6.07) is 6.03. The van der Waals surface area contributed by atoms with E-state index in [2.05, 4.69) is 6.07 Å². The van der Waals surface area contributed by atoms with Crippen LogP contribution in [0.15, 0.2) is 18.2 Å². The van der Waals surface area contributed by atoms with E-state index in [0.717, 1.165) is 18.6 Å². The Morgan fingerprint density at radius 2 is 2.06 bits per heavy atom. The number of carbonyl (C=O) groups excluding carboxylic acids is 1. The summed E-state index contributed by atoms with van der Waals surface area (Å²) in [4.78, 5) is 12.2. The van der Waals surface area contributed by atoms with E-state index in [4.69, 9.17) is 4.65 Å². The van der Waals surface area contributed by atoms with Gasteiger partial charge in [-0.3, -0.25) is 4.79 Å². The SMILES string of the molecule is CB1OCCc2ccc(C(=O)C(C)(C)C)cc21. The molecule has 0 aromatic heterocycles. The minimum atomic E-state index is -0.326. The van der Waals surface area contributed by atoms with Crippen molar-refractivity contribution >= 4 is 18.2 Å². The minimum Gasteiger partial charge on any atom is -0.431 e. The molecule has 0 aliphatic carbocycles. The maximum Gasteiger partial charge on any atom is 0.323 e. The first-order valence-corrected chi connectivity index (χ1v) is 6.19. The molecule has 17 heavy (non-hydrogen) atoms. The van der Waals surface area contributed by atoms with Crippen molar-refractivity contribution in [1.82, 2.24) is 0 Å². The molecule has 1 aliphatic heterocycles. The predicted molar refractivity (Wildman–Crippen MR) is 71.1 cm³/mol. The van der Waals surface area contributed by atoms with Crippen LogP contribution < -0.4 is 5.46 Å². The summed E-state index contributed by atoms with van der Waals surface area (Å²) in [5, 5.41) is 0. The molecular weight excluding hydrogens is 211 g/mol. The number of ketones is 1. The lowest BCUT2D eigenvalue weighted by Crippen LogP contribution is -2.39. The number of Topliss-reactive ketones (excluding diaryl/α,β-unsaturated/α-hetero) is 1. The van der Waals surface area contributed by atoms with E-state index in [-0.39, 0.29) is 18.1 Å². The van der Waals surface area contributed by atoms with Gasteiger partial charge in [-0.15, -0.1) is 0 Å². The van der Waals surface area contributed by atoms with E-state index in [9.17, 15) is 4.79 Å². The van der Waals surface area contributed by atoms with E-state index in [1.807, 2.05) is 39.7 Å². The molecule has 1 heterocycles. The summed E-state index contributed by atoms with van der Waals surface area (Å²) in [7, 11) is 0. The van der Waals surface area contributed by atoms with Crippen LogP contribution in [0.25, 0.3) is 0 Å². The van der Waals surface area contributed by atoms with E-state index < -0.39 is 0 Å². The first-order valence-electron chi connectivity index (χ1n) is 6.19. The molecule has 0 saturated carbocycles. The number of carbonyl (C=O) groups is 1. The van der Waals surface area contributed by atoms with Crippen LogP contribution in [-0.2, 0) is 11.1 Å². The number of benzene rings is 1. The van der Waals surface area contributed by atoms with Gasteiger partial charge in [-0.25, -0.2) is 0 Å². The summed E-state index contributed by atoms with van der Waals surface area (Å²) >= 11 is 0. The van der Waals surface area contributed by atoms with Crippen LogP contribution in [-0.4, -0.2) is 19.3 Å². The Hall–Kier alpha value is -1.09. The lowest BCUT2D eigenvalue weighted by atomic mass is 9.59. The van der Waals surface area contributed by atoms with Crippen LogP contribution in [0.5, 0.6) is 0 Å². The fraction of sp³-hybridized carbons (Fsp3) is 0.500. The molecule has 0 fully saturated rings. The lowest BCUT2D eigenvalue weighted by Gasteiger charge is -2.23. The maximum atomic E-state index is 12.2. The fourth-order valence-corrected chi connectivity index (χ4v) is 2.21. The topological polar surface area (TPSA) is 26.3 Å². The molecule has 1 aromatic rings. The standard InChI is InChI=1S/C14H19BO2/c1-14(2,3)13(16)11-6-5-10-7-8-17-15(4)12(10)9-11/h5-6,9H,7-8H2,1-4H3. The van der Waals surface area contributed by atoms with Gasteiger partial charge in [0.25, 0.3) is 0 Å². The molecule has 90 valence electrons. The Morgan fingerprint density at radius 3 is 2.71 bits per heavy atom. The van der Waals surface area contributed by atoms with Gasteiger partial charge in [0, 0.05) is 17.6 Å². The van der Waals surface area contributed by atoms with Crippen molar-refractivity contribution in [3.05, 3.63) is 29.3 Å². The Balaban J connectivity index is 2.39. The second-order valence-corrected chi connectivity index (χ2v) is 5.76. The van der Waals surface area contributed by atoms with Crippen molar-refractivity contribution < 1.29 is 9.45 Å². The van der Waals surface area contributed by atoms with Crippen LogP contribution >= 0.6 is 0 Å². The molecule has 3 heteroatoms. The Morgan fingerprint density at radius 1 is 1.35 bits per heavy atom. The molecule has 0 spiro atoms. The van der Waals surface area contributed by atoms with Crippen LogP contribution in [0.3, 0.4) is 0 Å². The first kappa shape index (κ1) is 12.4. The van der Waals surface area contributed by atoms with E-state index in [0.29, 0.717) is 0 Å². The number of hydrogen-bond donors (Lipinski definition) is 0. The predicted octanol–water partition coefficient (Wildman–Crippen LogP) is 2.32. The van der Waals surface area contributed by atoms with Crippen molar-refractivity contribution in [2.45, 2.75) is 34.0 Å². The molecule has 2 rings (SSSR count). The molecule has 2 nitrogen and oxygen atoms in total. The van der Waals surface area contributed by atoms with Gasteiger partial charge in [-0.1, -0.05) is 45.8 Å². The van der Waals surface area contributed by atoms with Gasteiger partial charge in [-0.05, 0) is 17.4 Å². The fourth-order valence-electron chi connectivity index (χ4n) is 2.21. The lowest BCUT2D eigenvalue weighted by molar-refractivity contribution is 0.0858. The summed E-state index contributed by atoms with van der Waals surface area (Å²) in [6.07, 6.45) is 0.948. The molecule has 0 saturated heterocycles. The van der Waals surface area contributed by atoms with Gasteiger partial charge in [0.05, 0.1) is 0 Å². The van der Waals surface area contributed by atoms with E-state index in [1.165, 1.54) is 11.0 Å². The van der Waals surface area contributed by atoms with E-state index >= 15 is 0 Å². The summed E-state index contributed by atoms with van der Waals surface area (Å²) < 4.78 is 5.61. The van der Waals surface area contributed by atoms with Gasteiger partial charge >= 0.3 is 6.92 Å². The highest BCUT2D eigenvalue weighted by Crippen LogP contribution is 2.21. The smallest absolute Gasteiger partial charge is 0.323 e. The highest BCUT2D eigenvalue weighted by atomic mass is 16.4. The quantitative estimate of drug-likeness (QED) is 0.546. The van der Waals surface area contributed by atoms with Gasteiger partial charge in [-0.2, -0.15) is 0 Å². The monoisotopic (exact) mass is 230 g/mol. The minimum absolute atomic E-state index is 0.103. The van der Waals surface area contributed by atoms with Crippen molar-refractivity contribution in [3.8, 4) is 0 Å². The molecule has 0 amide bonds. The largest absolute Gasteiger partial charge is 0.431 e. The summed E-state index contributed by atoms with van der Waals surface area (Å²) in [5.74, 6) is 0.193. The van der Waals surface area contributed by atoms with Gasteiger partial charge < -0.3 is 4.65 Å². The average Bonchev–Trinajstić information content (AvgIpc) is 2.27. The van der Waals surface area contributed by atoms with Crippen LogP contribution in [0.4, 0.5) is 0 Å².